The fraction of sp³-hybridized carbons (Fsp3) is 0.385. The van der Waals surface area contributed by atoms with Crippen molar-refractivity contribution in [3.8, 4) is 11.5 Å². The van der Waals surface area contributed by atoms with Gasteiger partial charge in [-0.3, -0.25) is 9.59 Å². The Balaban J connectivity index is 2.09. The average Bonchev–Trinajstić information content (AvgIpc) is 3.07. The molecular weight excluding hydrogens is 420 g/mol. The molecule has 176 valence electrons. The third-order valence-corrected chi connectivity index (χ3v) is 5.56. The molecule has 1 aliphatic rings. The van der Waals surface area contributed by atoms with Crippen molar-refractivity contribution in [1.29, 1.82) is 0 Å². The number of ether oxygens (including phenoxy) is 2. The molecule has 2 aromatic carbocycles. The molecular formula is C26H32N2O5. The maximum absolute atomic E-state index is 13.1. The summed E-state index contributed by atoms with van der Waals surface area (Å²) in [7, 11) is 5.47. The lowest BCUT2D eigenvalue weighted by Crippen LogP contribution is -2.32. The molecule has 33 heavy (non-hydrogen) atoms. The molecule has 1 saturated heterocycles. The number of hydrogen-bond donors (Lipinski definition) is 1. The molecule has 0 radical (unpaired) electrons. The fourth-order valence-corrected chi connectivity index (χ4v) is 3.95. The Labute approximate surface area is 195 Å². The Bertz CT molecular complexity index is 1020. The largest absolute Gasteiger partial charge is 0.507 e. The Morgan fingerprint density at radius 2 is 1.82 bits per heavy atom. The SMILES string of the molecule is CCCOc1ccc(C2/C(=C(/O)c3ccccc3)C(=O)C(=O)N2CCCN(C)C)cc1OC. The van der Waals surface area contributed by atoms with E-state index in [9.17, 15) is 14.7 Å². The lowest BCUT2D eigenvalue weighted by molar-refractivity contribution is -0.139. The third-order valence-electron chi connectivity index (χ3n) is 5.56. The molecule has 1 heterocycles. The summed E-state index contributed by atoms with van der Waals surface area (Å²) in [5, 5.41) is 11.1. The molecule has 1 N–H and O–H groups in total. The molecule has 1 fully saturated rings. The summed E-state index contributed by atoms with van der Waals surface area (Å²) in [4.78, 5) is 29.7. The first-order chi connectivity index (χ1) is 15.9. The summed E-state index contributed by atoms with van der Waals surface area (Å²) in [5.74, 6) is -0.368. The molecule has 0 spiro atoms. The maximum Gasteiger partial charge on any atom is 0.295 e. The van der Waals surface area contributed by atoms with E-state index in [0.717, 1.165) is 13.0 Å². The molecule has 7 nitrogen and oxygen atoms in total. The predicted molar refractivity (Wildman–Crippen MR) is 127 cm³/mol. The van der Waals surface area contributed by atoms with Gasteiger partial charge in [-0.1, -0.05) is 43.3 Å². The number of aliphatic hydroxyl groups is 1. The number of rotatable bonds is 10. The highest BCUT2D eigenvalue weighted by molar-refractivity contribution is 6.46. The van der Waals surface area contributed by atoms with E-state index in [0.29, 0.717) is 42.2 Å². The number of aliphatic hydroxyl groups excluding tert-OH is 1. The topological polar surface area (TPSA) is 79.3 Å². The number of carbonyl (C=O) groups excluding carboxylic acids is 2. The number of ketones is 1. The first-order valence-electron chi connectivity index (χ1n) is 11.2. The van der Waals surface area contributed by atoms with Crippen molar-refractivity contribution in [2.24, 2.45) is 0 Å². The molecule has 0 bridgehead atoms. The van der Waals surface area contributed by atoms with Gasteiger partial charge in [0.25, 0.3) is 11.7 Å². The van der Waals surface area contributed by atoms with Crippen molar-refractivity contribution >= 4 is 17.4 Å². The molecule has 0 aromatic heterocycles. The van der Waals surface area contributed by atoms with E-state index in [1.165, 1.54) is 0 Å². The normalized spacial score (nSPS) is 17.6. The first kappa shape index (κ1) is 24.3. The van der Waals surface area contributed by atoms with Gasteiger partial charge in [-0.25, -0.2) is 0 Å². The quantitative estimate of drug-likeness (QED) is 0.335. The van der Waals surface area contributed by atoms with Gasteiger partial charge >= 0.3 is 0 Å². The minimum Gasteiger partial charge on any atom is -0.507 e. The van der Waals surface area contributed by atoms with Gasteiger partial charge < -0.3 is 24.4 Å². The van der Waals surface area contributed by atoms with E-state index in [2.05, 4.69) is 0 Å². The smallest absolute Gasteiger partial charge is 0.295 e. The van der Waals surface area contributed by atoms with Crippen LogP contribution in [0.15, 0.2) is 54.1 Å². The van der Waals surface area contributed by atoms with Crippen LogP contribution in [-0.4, -0.2) is 67.5 Å². The number of benzene rings is 2. The summed E-state index contributed by atoms with van der Waals surface area (Å²) in [6, 6.07) is 13.5. The molecule has 0 aliphatic carbocycles. The van der Waals surface area contributed by atoms with Gasteiger partial charge in [0.15, 0.2) is 11.5 Å². The van der Waals surface area contributed by atoms with Crippen molar-refractivity contribution in [3.05, 3.63) is 65.2 Å². The van der Waals surface area contributed by atoms with Gasteiger partial charge in [0.05, 0.1) is 25.3 Å². The van der Waals surface area contributed by atoms with Crippen LogP contribution >= 0.6 is 0 Å². The molecule has 1 unspecified atom stereocenters. The second-order valence-electron chi connectivity index (χ2n) is 8.27. The van der Waals surface area contributed by atoms with E-state index in [-0.39, 0.29) is 11.3 Å². The number of Topliss-reactive ketones (excluding diaryl/α,β-unsaturated/α-hetero) is 1. The highest BCUT2D eigenvalue weighted by atomic mass is 16.5. The monoisotopic (exact) mass is 452 g/mol. The van der Waals surface area contributed by atoms with E-state index in [1.807, 2.05) is 38.1 Å². The molecule has 1 amide bonds. The van der Waals surface area contributed by atoms with Gasteiger partial charge in [0, 0.05) is 12.1 Å². The molecule has 3 rings (SSSR count). The van der Waals surface area contributed by atoms with E-state index < -0.39 is 17.7 Å². The lowest BCUT2D eigenvalue weighted by atomic mass is 9.95. The second kappa shape index (κ2) is 11.0. The Morgan fingerprint density at radius 3 is 2.45 bits per heavy atom. The summed E-state index contributed by atoms with van der Waals surface area (Å²) >= 11 is 0. The zero-order valence-electron chi connectivity index (χ0n) is 19.7. The van der Waals surface area contributed by atoms with E-state index in [1.54, 1.807) is 48.4 Å². The summed E-state index contributed by atoms with van der Waals surface area (Å²) in [6.07, 6.45) is 1.55. The van der Waals surface area contributed by atoms with E-state index >= 15 is 0 Å². The maximum atomic E-state index is 13.1. The minimum absolute atomic E-state index is 0.0836. The number of hydrogen-bond acceptors (Lipinski definition) is 6. The van der Waals surface area contributed by atoms with Crippen LogP contribution in [0.3, 0.4) is 0 Å². The van der Waals surface area contributed by atoms with Crippen LogP contribution < -0.4 is 9.47 Å². The fourth-order valence-electron chi connectivity index (χ4n) is 3.95. The zero-order valence-corrected chi connectivity index (χ0v) is 19.7. The average molecular weight is 453 g/mol. The molecule has 1 atom stereocenters. The van der Waals surface area contributed by atoms with Crippen LogP contribution in [0.1, 0.15) is 36.9 Å². The Kier molecular flexibility index (Phi) is 8.11. The van der Waals surface area contributed by atoms with Crippen LogP contribution in [-0.2, 0) is 9.59 Å². The molecule has 7 heteroatoms. The van der Waals surface area contributed by atoms with Gasteiger partial charge in [0.2, 0.25) is 0 Å². The molecule has 1 aliphatic heterocycles. The van der Waals surface area contributed by atoms with Crippen LogP contribution in [0.4, 0.5) is 0 Å². The number of nitrogens with zero attached hydrogens (tertiary/aromatic N) is 2. The molecule has 0 saturated carbocycles. The number of amides is 1. The third kappa shape index (κ3) is 5.37. The number of likely N-dealkylation sites (tertiary alicyclic amines) is 1. The number of carbonyl (C=O) groups is 2. The van der Waals surface area contributed by atoms with Crippen LogP contribution in [0.2, 0.25) is 0 Å². The standard InChI is InChI=1S/C26H32N2O5/c1-5-16-33-20-13-12-19(17-21(20)32-4)23-22(24(29)18-10-7-6-8-11-18)25(30)26(31)28(23)15-9-14-27(2)3/h6-8,10-13,17,23,29H,5,9,14-16H2,1-4H3/b24-22-. The minimum atomic E-state index is -0.721. The van der Waals surface area contributed by atoms with Gasteiger partial charge in [0.1, 0.15) is 5.76 Å². The summed E-state index contributed by atoms with van der Waals surface area (Å²) in [6.45, 7) is 3.72. The van der Waals surface area contributed by atoms with Gasteiger partial charge in [-0.05, 0) is 51.2 Å². The van der Waals surface area contributed by atoms with Crippen molar-refractivity contribution in [3.63, 3.8) is 0 Å². The summed E-state index contributed by atoms with van der Waals surface area (Å²) < 4.78 is 11.3. The van der Waals surface area contributed by atoms with E-state index in [4.69, 9.17) is 9.47 Å². The Morgan fingerprint density at radius 1 is 1.09 bits per heavy atom. The zero-order chi connectivity index (χ0) is 24.0. The van der Waals surface area contributed by atoms with Crippen molar-refractivity contribution in [2.45, 2.75) is 25.8 Å². The lowest BCUT2D eigenvalue weighted by Gasteiger charge is -2.26. The van der Waals surface area contributed by atoms with Crippen molar-refractivity contribution in [1.82, 2.24) is 9.80 Å². The first-order valence-corrected chi connectivity index (χ1v) is 11.2. The van der Waals surface area contributed by atoms with Crippen molar-refractivity contribution < 1.29 is 24.2 Å². The highest BCUT2D eigenvalue weighted by Crippen LogP contribution is 2.42. The van der Waals surface area contributed by atoms with Crippen LogP contribution in [0.25, 0.3) is 5.76 Å². The van der Waals surface area contributed by atoms with Crippen molar-refractivity contribution in [2.75, 3.05) is 40.9 Å². The highest BCUT2D eigenvalue weighted by Gasteiger charge is 2.46. The second-order valence-corrected chi connectivity index (χ2v) is 8.27. The van der Waals surface area contributed by atoms with Gasteiger partial charge in [-0.15, -0.1) is 0 Å². The van der Waals surface area contributed by atoms with Gasteiger partial charge in [-0.2, -0.15) is 0 Å². The predicted octanol–water partition coefficient (Wildman–Crippen LogP) is 3.86. The number of methoxy groups -OCH3 is 1. The van der Waals surface area contributed by atoms with Crippen LogP contribution in [0, 0.1) is 0 Å². The summed E-state index contributed by atoms with van der Waals surface area (Å²) in [5.41, 5.74) is 1.25. The van der Waals surface area contributed by atoms with Crippen LogP contribution in [0.5, 0.6) is 11.5 Å². The molecule has 2 aromatic rings. The Hall–Kier alpha value is -3.32.